The monoisotopic (exact) mass is 265 g/mol. The van der Waals surface area contributed by atoms with Gasteiger partial charge in [0.05, 0.1) is 5.92 Å². The molecule has 0 aliphatic carbocycles. The van der Waals surface area contributed by atoms with E-state index in [0.29, 0.717) is 12.1 Å². The minimum absolute atomic E-state index is 0.0918. The summed E-state index contributed by atoms with van der Waals surface area (Å²) in [7, 11) is 0. The smallest absolute Gasteiger partial charge is 0.308 e. The molecule has 0 aliphatic heterocycles. The fourth-order valence-corrected chi connectivity index (χ4v) is 1.73. The second-order valence-corrected chi connectivity index (χ2v) is 4.43. The summed E-state index contributed by atoms with van der Waals surface area (Å²) < 4.78 is 0. The molecular weight excluding hydrogens is 246 g/mol. The van der Waals surface area contributed by atoms with Crippen molar-refractivity contribution in [3.63, 3.8) is 0 Å². The number of aliphatic hydroxyl groups excluding tert-OH is 1. The Balaban J connectivity index is 2.76. The molecule has 104 valence electrons. The van der Waals surface area contributed by atoms with Gasteiger partial charge >= 0.3 is 5.97 Å². The lowest BCUT2D eigenvalue weighted by molar-refractivity contribution is -0.145. The van der Waals surface area contributed by atoms with Gasteiger partial charge in [-0.1, -0.05) is 37.3 Å². The second kappa shape index (κ2) is 6.89. The van der Waals surface area contributed by atoms with Crippen LogP contribution in [0.4, 0.5) is 0 Å². The molecule has 0 fully saturated rings. The zero-order chi connectivity index (χ0) is 14.4. The Morgan fingerprint density at radius 3 is 2.32 bits per heavy atom. The van der Waals surface area contributed by atoms with Crippen LogP contribution in [0.3, 0.4) is 0 Å². The minimum atomic E-state index is -1.25. The molecule has 0 aliphatic rings. The molecule has 5 heteroatoms. The molecule has 0 saturated heterocycles. The van der Waals surface area contributed by atoms with Crippen molar-refractivity contribution in [1.82, 2.24) is 4.90 Å². The van der Waals surface area contributed by atoms with Crippen LogP contribution in [0.2, 0.25) is 0 Å². The first-order valence-corrected chi connectivity index (χ1v) is 6.22. The largest absolute Gasteiger partial charge is 0.481 e. The van der Waals surface area contributed by atoms with Crippen LogP contribution in [0, 0.1) is 5.92 Å². The SMILES string of the molecule is CCN(CC(C)C(=O)O)C(=O)C(O)c1ccccc1. The number of likely N-dealkylation sites (N-methyl/N-ethyl adjacent to an activating group) is 1. The van der Waals surface area contributed by atoms with Crippen molar-refractivity contribution in [3.05, 3.63) is 35.9 Å². The van der Waals surface area contributed by atoms with Gasteiger partial charge < -0.3 is 15.1 Å². The third-order valence-corrected chi connectivity index (χ3v) is 2.96. The average molecular weight is 265 g/mol. The second-order valence-electron chi connectivity index (χ2n) is 4.43. The number of rotatable bonds is 6. The third kappa shape index (κ3) is 4.06. The normalized spacial score (nSPS) is 13.6. The minimum Gasteiger partial charge on any atom is -0.481 e. The highest BCUT2D eigenvalue weighted by atomic mass is 16.4. The Hall–Kier alpha value is -1.88. The maximum Gasteiger partial charge on any atom is 0.308 e. The molecule has 5 nitrogen and oxygen atoms in total. The van der Waals surface area contributed by atoms with Gasteiger partial charge in [0, 0.05) is 13.1 Å². The Kier molecular flexibility index (Phi) is 5.51. The fourth-order valence-electron chi connectivity index (χ4n) is 1.73. The van der Waals surface area contributed by atoms with E-state index in [9.17, 15) is 14.7 Å². The maximum absolute atomic E-state index is 12.1. The van der Waals surface area contributed by atoms with E-state index in [1.165, 1.54) is 11.8 Å². The molecule has 19 heavy (non-hydrogen) atoms. The summed E-state index contributed by atoms with van der Waals surface area (Å²) in [5.41, 5.74) is 0.508. The number of nitrogens with zero attached hydrogens (tertiary/aromatic N) is 1. The molecule has 2 unspecified atom stereocenters. The molecule has 0 heterocycles. The molecule has 1 rings (SSSR count). The molecule has 0 aromatic heterocycles. The van der Waals surface area contributed by atoms with Crippen molar-refractivity contribution in [3.8, 4) is 0 Å². The lowest BCUT2D eigenvalue weighted by Gasteiger charge is -2.25. The first kappa shape index (κ1) is 15.2. The molecule has 0 radical (unpaired) electrons. The van der Waals surface area contributed by atoms with E-state index >= 15 is 0 Å². The van der Waals surface area contributed by atoms with E-state index in [1.54, 1.807) is 37.3 Å². The van der Waals surface area contributed by atoms with Crippen molar-refractivity contribution < 1.29 is 19.8 Å². The first-order valence-electron chi connectivity index (χ1n) is 6.22. The van der Waals surface area contributed by atoms with Gasteiger partial charge in [-0.2, -0.15) is 0 Å². The zero-order valence-corrected chi connectivity index (χ0v) is 11.1. The topological polar surface area (TPSA) is 77.8 Å². The van der Waals surface area contributed by atoms with Crippen LogP contribution in [0.5, 0.6) is 0 Å². The summed E-state index contributed by atoms with van der Waals surface area (Å²) in [5.74, 6) is -2.09. The van der Waals surface area contributed by atoms with Gasteiger partial charge in [-0.3, -0.25) is 9.59 Å². The van der Waals surface area contributed by atoms with Crippen LogP contribution in [-0.4, -0.2) is 40.1 Å². The van der Waals surface area contributed by atoms with Crippen LogP contribution in [0.15, 0.2) is 30.3 Å². The third-order valence-electron chi connectivity index (χ3n) is 2.96. The summed E-state index contributed by atoms with van der Waals surface area (Å²) in [6.45, 7) is 3.74. The summed E-state index contributed by atoms with van der Waals surface area (Å²) in [5, 5.41) is 18.9. The highest BCUT2D eigenvalue weighted by Gasteiger charge is 2.25. The van der Waals surface area contributed by atoms with Gasteiger partial charge in [0.15, 0.2) is 6.10 Å². The van der Waals surface area contributed by atoms with E-state index in [1.807, 2.05) is 0 Å². The van der Waals surface area contributed by atoms with Gasteiger partial charge in [0.25, 0.3) is 5.91 Å². The average Bonchev–Trinajstić information content (AvgIpc) is 2.43. The van der Waals surface area contributed by atoms with E-state index in [4.69, 9.17) is 5.11 Å². The van der Waals surface area contributed by atoms with Crippen LogP contribution in [-0.2, 0) is 9.59 Å². The number of hydrogen-bond acceptors (Lipinski definition) is 3. The van der Waals surface area contributed by atoms with Crippen LogP contribution in [0.1, 0.15) is 25.5 Å². The summed E-state index contributed by atoms with van der Waals surface area (Å²) in [4.78, 5) is 24.3. The highest BCUT2D eigenvalue weighted by molar-refractivity contribution is 5.82. The van der Waals surface area contributed by atoms with Crippen molar-refractivity contribution in [2.75, 3.05) is 13.1 Å². The quantitative estimate of drug-likeness (QED) is 0.812. The number of hydrogen-bond donors (Lipinski definition) is 2. The van der Waals surface area contributed by atoms with Gasteiger partial charge in [0.1, 0.15) is 0 Å². The molecule has 0 saturated carbocycles. The molecule has 2 atom stereocenters. The molecule has 1 aromatic carbocycles. The number of carbonyl (C=O) groups excluding carboxylic acids is 1. The fraction of sp³-hybridized carbons (Fsp3) is 0.429. The van der Waals surface area contributed by atoms with Crippen molar-refractivity contribution in [2.45, 2.75) is 20.0 Å². The molecule has 2 N–H and O–H groups in total. The van der Waals surface area contributed by atoms with Gasteiger partial charge in [-0.05, 0) is 12.5 Å². The van der Waals surface area contributed by atoms with Gasteiger partial charge in [-0.25, -0.2) is 0 Å². The van der Waals surface area contributed by atoms with E-state index in [2.05, 4.69) is 0 Å². The number of carboxylic acids is 1. The maximum atomic E-state index is 12.1. The predicted octanol–water partition coefficient (Wildman–Crippen LogP) is 1.29. The van der Waals surface area contributed by atoms with E-state index < -0.39 is 23.9 Å². The number of benzene rings is 1. The summed E-state index contributed by atoms with van der Waals surface area (Å²) >= 11 is 0. The molecular formula is C14H19NO4. The summed E-state index contributed by atoms with van der Waals surface area (Å²) in [6, 6.07) is 8.60. The first-order chi connectivity index (χ1) is 8.97. The number of amides is 1. The molecule has 0 bridgehead atoms. The van der Waals surface area contributed by atoms with Gasteiger partial charge in [0.2, 0.25) is 0 Å². The predicted molar refractivity (Wildman–Crippen MR) is 70.5 cm³/mol. The highest BCUT2D eigenvalue weighted by Crippen LogP contribution is 2.16. The Bertz CT molecular complexity index is 432. The van der Waals surface area contributed by atoms with Crippen molar-refractivity contribution in [1.29, 1.82) is 0 Å². The van der Waals surface area contributed by atoms with Crippen LogP contribution < -0.4 is 0 Å². The van der Waals surface area contributed by atoms with Crippen LogP contribution in [0.25, 0.3) is 0 Å². The lowest BCUT2D eigenvalue weighted by atomic mass is 10.1. The van der Waals surface area contributed by atoms with Crippen molar-refractivity contribution in [2.24, 2.45) is 5.92 Å². The van der Waals surface area contributed by atoms with E-state index in [0.717, 1.165) is 0 Å². The van der Waals surface area contributed by atoms with Crippen LogP contribution >= 0.6 is 0 Å². The Morgan fingerprint density at radius 1 is 1.26 bits per heavy atom. The Labute approximate surface area is 112 Å². The van der Waals surface area contributed by atoms with Crippen molar-refractivity contribution >= 4 is 11.9 Å². The molecule has 0 spiro atoms. The van der Waals surface area contributed by atoms with Gasteiger partial charge in [-0.15, -0.1) is 0 Å². The Morgan fingerprint density at radius 2 is 1.84 bits per heavy atom. The van der Waals surface area contributed by atoms with E-state index in [-0.39, 0.29) is 6.54 Å². The number of carboxylic acid groups (broad SMARTS) is 1. The lowest BCUT2D eigenvalue weighted by Crippen LogP contribution is -2.39. The molecule has 1 aromatic rings. The summed E-state index contributed by atoms with van der Waals surface area (Å²) in [6.07, 6.45) is -1.25. The number of aliphatic carboxylic acids is 1. The zero-order valence-electron chi connectivity index (χ0n) is 11.1. The molecule has 1 amide bonds. The standard InChI is InChI=1S/C14H19NO4/c1-3-15(9-10(2)14(18)19)13(17)12(16)11-7-5-4-6-8-11/h4-8,10,12,16H,3,9H2,1-2H3,(H,18,19). The number of carbonyl (C=O) groups is 2. The number of aliphatic hydroxyl groups is 1.